The molecular formula is C24H28N2O5S. The number of fused-ring (bicyclic) bond motifs is 3. The van der Waals surface area contributed by atoms with Gasteiger partial charge in [-0.3, -0.25) is 9.59 Å². The number of ether oxygens (including phenoxy) is 1. The number of carboxylic acid groups (broad SMARTS) is 1. The van der Waals surface area contributed by atoms with Gasteiger partial charge in [-0.25, -0.2) is 4.79 Å². The number of thioether (sulfide) groups is 1. The normalized spacial score (nSPS) is 14.1. The Morgan fingerprint density at radius 3 is 2.19 bits per heavy atom. The largest absolute Gasteiger partial charge is 0.481 e. The van der Waals surface area contributed by atoms with Crippen molar-refractivity contribution in [3.63, 3.8) is 0 Å². The zero-order chi connectivity index (χ0) is 23.1. The number of nitrogens with one attached hydrogen (secondary N) is 2. The van der Waals surface area contributed by atoms with Gasteiger partial charge in [0, 0.05) is 12.0 Å². The molecule has 3 rings (SSSR count). The van der Waals surface area contributed by atoms with Gasteiger partial charge in [0.25, 0.3) is 0 Å². The molecule has 1 aliphatic carbocycles. The number of hydrogen-bond acceptors (Lipinski definition) is 5. The molecule has 3 N–H and O–H groups in total. The smallest absolute Gasteiger partial charge is 0.407 e. The minimum absolute atomic E-state index is 0.0674. The van der Waals surface area contributed by atoms with E-state index in [1.165, 1.54) is 0 Å². The van der Waals surface area contributed by atoms with E-state index in [2.05, 4.69) is 22.8 Å². The standard InChI is InChI=1S/C24H28N2O5S/c1-15(13-22(27)28)25-23(29)21(11-12-32-2)26-24(30)31-14-20-18-9-5-3-7-16(18)17-8-4-6-10-19(17)20/h3-10,15,20-21H,11-14H2,1-2H3,(H,25,29)(H,26,30)(H,27,28)/t15-,21+/m0/s1. The first kappa shape index (κ1) is 23.7. The van der Waals surface area contributed by atoms with Crippen LogP contribution in [0.2, 0.25) is 0 Å². The number of benzene rings is 2. The van der Waals surface area contributed by atoms with E-state index in [0.717, 1.165) is 22.3 Å². The molecule has 0 saturated heterocycles. The van der Waals surface area contributed by atoms with Gasteiger partial charge in [0.1, 0.15) is 12.6 Å². The maximum Gasteiger partial charge on any atom is 0.407 e. The molecule has 0 spiro atoms. The van der Waals surface area contributed by atoms with Gasteiger partial charge in [-0.15, -0.1) is 0 Å². The van der Waals surface area contributed by atoms with Crippen molar-refractivity contribution in [1.82, 2.24) is 10.6 Å². The second-order valence-electron chi connectivity index (χ2n) is 7.81. The summed E-state index contributed by atoms with van der Waals surface area (Å²) in [6.07, 6.45) is 1.47. The first-order valence-electron chi connectivity index (χ1n) is 10.5. The summed E-state index contributed by atoms with van der Waals surface area (Å²) in [6, 6.07) is 14.8. The van der Waals surface area contributed by atoms with E-state index in [-0.39, 0.29) is 18.9 Å². The Morgan fingerprint density at radius 2 is 1.62 bits per heavy atom. The average molecular weight is 457 g/mol. The molecule has 0 aliphatic heterocycles. The number of rotatable bonds is 10. The van der Waals surface area contributed by atoms with E-state index in [0.29, 0.717) is 12.2 Å². The van der Waals surface area contributed by atoms with E-state index < -0.39 is 30.1 Å². The summed E-state index contributed by atoms with van der Waals surface area (Å²) in [5.74, 6) is -0.818. The second-order valence-corrected chi connectivity index (χ2v) is 8.80. The molecule has 7 nitrogen and oxygen atoms in total. The Balaban J connectivity index is 1.63. The fourth-order valence-electron chi connectivity index (χ4n) is 3.94. The van der Waals surface area contributed by atoms with Crippen molar-refractivity contribution in [3.8, 4) is 11.1 Å². The molecular weight excluding hydrogens is 428 g/mol. The zero-order valence-corrected chi connectivity index (χ0v) is 19.0. The van der Waals surface area contributed by atoms with E-state index >= 15 is 0 Å². The molecule has 170 valence electrons. The van der Waals surface area contributed by atoms with Gasteiger partial charge in [0.05, 0.1) is 6.42 Å². The number of alkyl carbamates (subject to hydrolysis) is 1. The van der Waals surface area contributed by atoms with E-state index in [9.17, 15) is 14.4 Å². The minimum atomic E-state index is -0.997. The van der Waals surface area contributed by atoms with Crippen molar-refractivity contribution in [2.24, 2.45) is 0 Å². The second kappa shape index (κ2) is 11.0. The summed E-state index contributed by atoms with van der Waals surface area (Å²) in [5.41, 5.74) is 4.50. The molecule has 0 radical (unpaired) electrons. The van der Waals surface area contributed by atoms with Gasteiger partial charge in [-0.05, 0) is 47.6 Å². The summed E-state index contributed by atoms with van der Waals surface area (Å²) in [6.45, 7) is 1.77. The van der Waals surface area contributed by atoms with Gasteiger partial charge >= 0.3 is 12.1 Å². The molecule has 8 heteroatoms. The van der Waals surface area contributed by atoms with Crippen LogP contribution >= 0.6 is 11.8 Å². The zero-order valence-electron chi connectivity index (χ0n) is 18.2. The Hall–Kier alpha value is -3.00. The highest BCUT2D eigenvalue weighted by atomic mass is 32.2. The molecule has 0 aromatic heterocycles. The van der Waals surface area contributed by atoms with Crippen molar-refractivity contribution in [3.05, 3.63) is 59.7 Å². The Kier molecular flexibility index (Phi) is 8.16. The summed E-state index contributed by atoms with van der Waals surface area (Å²) >= 11 is 1.56. The fraction of sp³-hybridized carbons (Fsp3) is 0.375. The maximum absolute atomic E-state index is 12.6. The highest BCUT2D eigenvalue weighted by Crippen LogP contribution is 2.44. The monoisotopic (exact) mass is 456 g/mol. The highest BCUT2D eigenvalue weighted by Gasteiger charge is 2.30. The predicted molar refractivity (Wildman–Crippen MR) is 125 cm³/mol. The van der Waals surface area contributed by atoms with Crippen molar-refractivity contribution < 1.29 is 24.2 Å². The minimum Gasteiger partial charge on any atom is -0.481 e. The molecule has 2 aromatic rings. The van der Waals surface area contributed by atoms with E-state index in [4.69, 9.17) is 9.84 Å². The molecule has 1 aliphatic rings. The van der Waals surface area contributed by atoms with Crippen LogP contribution in [0.3, 0.4) is 0 Å². The lowest BCUT2D eigenvalue weighted by atomic mass is 9.98. The molecule has 2 aromatic carbocycles. The summed E-state index contributed by atoms with van der Waals surface area (Å²) in [5, 5.41) is 14.2. The lowest BCUT2D eigenvalue weighted by Gasteiger charge is -2.21. The number of aliphatic carboxylic acids is 1. The Bertz CT molecular complexity index is 935. The molecule has 0 bridgehead atoms. The number of carbonyl (C=O) groups excluding carboxylic acids is 2. The molecule has 0 unspecified atom stereocenters. The van der Waals surface area contributed by atoms with Crippen LogP contribution in [-0.4, -0.2) is 53.8 Å². The van der Waals surface area contributed by atoms with Crippen molar-refractivity contribution in [2.75, 3.05) is 18.6 Å². The van der Waals surface area contributed by atoms with Crippen LogP contribution in [0.1, 0.15) is 36.8 Å². The van der Waals surface area contributed by atoms with Crippen LogP contribution in [-0.2, 0) is 14.3 Å². The van der Waals surface area contributed by atoms with E-state index in [1.807, 2.05) is 42.7 Å². The van der Waals surface area contributed by atoms with Gasteiger partial charge in [-0.1, -0.05) is 48.5 Å². The van der Waals surface area contributed by atoms with Crippen LogP contribution in [0.25, 0.3) is 11.1 Å². The van der Waals surface area contributed by atoms with Crippen molar-refractivity contribution in [1.29, 1.82) is 0 Å². The number of carbonyl (C=O) groups is 3. The molecule has 0 saturated carbocycles. The first-order valence-corrected chi connectivity index (χ1v) is 11.9. The molecule has 0 fully saturated rings. The molecule has 32 heavy (non-hydrogen) atoms. The third-order valence-electron chi connectivity index (χ3n) is 5.43. The molecule has 2 atom stereocenters. The Labute approximate surface area is 191 Å². The van der Waals surface area contributed by atoms with Gasteiger partial charge < -0.3 is 20.5 Å². The number of hydrogen-bond donors (Lipinski definition) is 3. The number of amides is 2. The lowest BCUT2D eigenvalue weighted by molar-refractivity contribution is -0.137. The molecule has 2 amide bonds. The van der Waals surface area contributed by atoms with Crippen LogP contribution in [0.15, 0.2) is 48.5 Å². The lowest BCUT2D eigenvalue weighted by Crippen LogP contribution is -2.49. The predicted octanol–water partition coefficient (Wildman–Crippen LogP) is 3.63. The summed E-state index contributed by atoms with van der Waals surface area (Å²) in [4.78, 5) is 36.0. The fourth-order valence-corrected chi connectivity index (χ4v) is 4.41. The third kappa shape index (κ3) is 5.82. The number of carboxylic acids is 1. The van der Waals surface area contributed by atoms with Gasteiger partial charge in [-0.2, -0.15) is 11.8 Å². The summed E-state index contributed by atoms with van der Waals surface area (Å²) in [7, 11) is 0. The van der Waals surface area contributed by atoms with Crippen LogP contribution in [0, 0.1) is 0 Å². The topological polar surface area (TPSA) is 105 Å². The van der Waals surface area contributed by atoms with Gasteiger partial charge in [0.2, 0.25) is 5.91 Å². The molecule has 0 heterocycles. The highest BCUT2D eigenvalue weighted by molar-refractivity contribution is 7.98. The van der Waals surface area contributed by atoms with Crippen molar-refractivity contribution in [2.45, 2.75) is 37.8 Å². The van der Waals surface area contributed by atoms with E-state index in [1.54, 1.807) is 18.7 Å². The van der Waals surface area contributed by atoms with Gasteiger partial charge in [0.15, 0.2) is 0 Å². The van der Waals surface area contributed by atoms with Crippen LogP contribution in [0.4, 0.5) is 4.79 Å². The Morgan fingerprint density at radius 1 is 1.03 bits per heavy atom. The maximum atomic E-state index is 12.6. The first-order chi connectivity index (χ1) is 15.4. The SMILES string of the molecule is CSCC[C@@H](NC(=O)OCC1c2ccccc2-c2ccccc21)C(=O)N[C@@H](C)CC(=O)O. The third-order valence-corrected chi connectivity index (χ3v) is 6.08. The van der Waals surface area contributed by atoms with Crippen LogP contribution < -0.4 is 10.6 Å². The average Bonchev–Trinajstić information content (AvgIpc) is 3.08. The quantitative estimate of drug-likeness (QED) is 0.504. The van der Waals surface area contributed by atoms with Crippen LogP contribution in [0.5, 0.6) is 0 Å². The summed E-state index contributed by atoms with van der Waals surface area (Å²) < 4.78 is 5.54. The van der Waals surface area contributed by atoms with Crippen molar-refractivity contribution >= 4 is 29.7 Å².